The van der Waals surface area contributed by atoms with Crippen molar-refractivity contribution in [3.63, 3.8) is 0 Å². The van der Waals surface area contributed by atoms with Crippen LogP contribution < -0.4 is 0 Å². The second-order valence-electron chi connectivity index (χ2n) is 5.01. The summed E-state index contributed by atoms with van der Waals surface area (Å²) in [5.74, 6) is -0.886. The monoisotopic (exact) mass is 212 g/mol. The number of hydrogen-bond acceptors (Lipinski definition) is 3. The molecule has 0 saturated heterocycles. The maximum absolute atomic E-state index is 10.9. The summed E-state index contributed by atoms with van der Waals surface area (Å²) in [4.78, 5) is 10.9. The maximum atomic E-state index is 10.9. The summed E-state index contributed by atoms with van der Waals surface area (Å²) in [6.45, 7) is 8.29. The van der Waals surface area contributed by atoms with Crippen molar-refractivity contribution in [1.29, 1.82) is 0 Å². The van der Waals surface area contributed by atoms with Crippen molar-refractivity contribution in [3.8, 4) is 0 Å². The Bertz CT molecular complexity index is 279. The van der Waals surface area contributed by atoms with Gasteiger partial charge in [-0.1, -0.05) is 13.3 Å². The van der Waals surface area contributed by atoms with Gasteiger partial charge < -0.3 is 5.11 Å². The molecule has 0 saturated carbocycles. The Morgan fingerprint density at radius 3 is 2.60 bits per heavy atom. The number of nitrogens with zero attached hydrogens (tertiary/aromatic N) is 2. The minimum atomic E-state index is -0.886. The molecule has 0 aliphatic carbocycles. The van der Waals surface area contributed by atoms with Gasteiger partial charge in [0.25, 0.3) is 0 Å². The molecule has 0 radical (unpaired) electrons. The van der Waals surface area contributed by atoms with Gasteiger partial charge in [0, 0.05) is 12.0 Å². The van der Waals surface area contributed by atoms with E-state index in [1.54, 1.807) is 0 Å². The first-order valence-electron chi connectivity index (χ1n) is 5.46. The Morgan fingerprint density at radius 1 is 1.60 bits per heavy atom. The van der Waals surface area contributed by atoms with Gasteiger partial charge in [0.1, 0.15) is 5.71 Å². The SMILES string of the molecule is CCCC1CC(C(=O)O)=NN1C(C)(C)C. The van der Waals surface area contributed by atoms with Crippen LogP contribution in [0.5, 0.6) is 0 Å². The Hall–Kier alpha value is -1.06. The zero-order chi connectivity index (χ0) is 11.6. The molecule has 4 heteroatoms. The van der Waals surface area contributed by atoms with E-state index in [9.17, 15) is 4.79 Å². The summed E-state index contributed by atoms with van der Waals surface area (Å²) in [6, 6.07) is 0.251. The van der Waals surface area contributed by atoms with Crippen LogP contribution in [0.15, 0.2) is 5.10 Å². The van der Waals surface area contributed by atoms with Gasteiger partial charge in [-0.05, 0) is 27.2 Å². The molecule has 1 heterocycles. The lowest BCUT2D eigenvalue weighted by atomic mass is 10.0. The molecule has 1 rings (SSSR count). The van der Waals surface area contributed by atoms with Crippen molar-refractivity contribution in [1.82, 2.24) is 5.01 Å². The fourth-order valence-corrected chi connectivity index (χ4v) is 1.95. The van der Waals surface area contributed by atoms with Crippen LogP contribution in [0.25, 0.3) is 0 Å². The van der Waals surface area contributed by atoms with Crippen molar-refractivity contribution >= 4 is 11.7 Å². The van der Waals surface area contributed by atoms with Gasteiger partial charge in [-0.25, -0.2) is 4.79 Å². The van der Waals surface area contributed by atoms with Gasteiger partial charge in [0.05, 0.1) is 6.04 Å². The number of carboxylic acids is 1. The summed E-state index contributed by atoms with van der Waals surface area (Å²) in [5, 5.41) is 15.1. The molecule has 4 nitrogen and oxygen atoms in total. The van der Waals surface area contributed by atoms with Crippen LogP contribution in [0.3, 0.4) is 0 Å². The molecule has 0 amide bonds. The molecule has 0 aromatic carbocycles. The predicted molar refractivity (Wildman–Crippen MR) is 60.0 cm³/mol. The van der Waals surface area contributed by atoms with Crippen molar-refractivity contribution in [2.75, 3.05) is 0 Å². The molecule has 0 fully saturated rings. The van der Waals surface area contributed by atoms with Crippen molar-refractivity contribution in [3.05, 3.63) is 0 Å². The number of hydrazone groups is 1. The molecule has 86 valence electrons. The number of carbonyl (C=O) groups is 1. The summed E-state index contributed by atoms with van der Waals surface area (Å²) >= 11 is 0. The molecule has 1 aliphatic rings. The second kappa shape index (κ2) is 4.21. The quantitative estimate of drug-likeness (QED) is 0.779. The largest absolute Gasteiger partial charge is 0.477 e. The number of aliphatic carboxylic acids is 1. The second-order valence-corrected chi connectivity index (χ2v) is 5.01. The first kappa shape index (κ1) is 12.0. The lowest BCUT2D eigenvalue weighted by Gasteiger charge is -2.35. The first-order chi connectivity index (χ1) is 6.86. The molecule has 1 aliphatic heterocycles. The first-order valence-corrected chi connectivity index (χ1v) is 5.46. The van der Waals surface area contributed by atoms with E-state index in [-0.39, 0.29) is 11.6 Å². The third-order valence-corrected chi connectivity index (χ3v) is 2.56. The topological polar surface area (TPSA) is 52.9 Å². The van der Waals surface area contributed by atoms with E-state index < -0.39 is 5.97 Å². The highest BCUT2D eigenvalue weighted by Gasteiger charge is 2.35. The van der Waals surface area contributed by atoms with E-state index in [1.807, 2.05) is 5.01 Å². The van der Waals surface area contributed by atoms with Gasteiger partial charge in [0.15, 0.2) is 0 Å². The smallest absolute Gasteiger partial charge is 0.352 e. The van der Waals surface area contributed by atoms with E-state index >= 15 is 0 Å². The van der Waals surface area contributed by atoms with Crippen LogP contribution in [0.2, 0.25) is 0 Å². The van der Waals surface area contributed by atoms with Gasteiger partial charge in [-0.15, -0.1) is 0 Å². The van der Waals surface area contributed by atoms with E-state index in [2.05, 4.69) is 32.8 Å². The zero-order valence-electron chi connectivity index (χ0n) is 9.95. The van der Waals surface area contributed by atoms with Crippen molar-refractivity contribution in [2.45, 2.75) is 58.5 Å². The average Bonchev–Trinajstić information content (AvgIpc) is 2.48. The normalized spacial score (nSPS) is 21.7. The maximum Gasteiger partial charge on any atom is 0.352 e. The molecule has 15 heavy (non-hydrogen) atoms. The van der Waals surface area contributed by atoms with Crippen LogP contribution in [0, 0.1) is 0 Å². The molecule has 0 bridgehead atoms. The molecule has 1 atom stereocenters. The summed E-state index contributed by atoms with van der Waals surface area (Å²) in [5.41, 5.74) is 0.195. The minimum absolute atomic E-state index is 0.100. The molecule has 1 unspecified atom stereocenters. The lowest BCUT2D eigenvalue weighted by Crippen LogP contribution is -2.41. The summed E-state index contributed by atoms with van der Waals surface area (Å²) < 4.78 is 0. The van der Waals surface area contributed by atoms with E-state index in [0.717, 1.165) is 12.8 Å². The Labute approximate surface area is 91.0 Å². The fourth-order valence-electron chi connectivity index (χ4n) is 1.95. The van der Waals surface area contributed by atoms with Crippen LogP contribution in [0.1, 0.15) is 47.0 Å². The Kier molecular flexibility index (Phi) is 3.37. The van der Waals surface area contributed by atoms with Crippen LogP contribution >= 0.6 is 0 Å². The molecule has 1 N–H and O–H groups in total. The lowest BCUT2D eigenvalue weighted by molar-refractivity contribution is -0.129. The van der Waals surface area contributed by atoms with Gasteiger partial charge >= 0.3 is 5.97 Å². The van der Waals surface area contributed by atoms with E-state index in [1.165, 1.54) is 0 Å². The molecule has 0 aromatic heterocycles. The van der Waals surface area contributed by atoms with Gasteiger partial charge in [-0.3, -0.25) is 5.01 Å². The number of carboxylic acid groups (broad SMARTS) is 1. The number of hydrogen-bond donors (Lipinski definition) is 1. The summed E-state index contributed by atoms with van der Waals surface area (Å²) in [7, 11) is 0. The highest BCUT2D eigenvalue weighted by molar-refractivity contribution is 6.36. The standard InChI is InChI=1S/C11H20N2O2/c1-5-6-8-7-9(10(14)15)12-13(8)11(2,3)4/h8H,5-7H2,1-4H3,(H,14,15). The van der Waals surface area contributed by atoms with Crippen LogP contribution in [0.4, 0.5) is 0 Å². The highest BCUT2D eigenvalue weighted by atomic mass is 16.4. The highest BCUT2D eigenvalue weighted by Crippen LogP contribution is 2.27. The third kappa shape index (κ3) is 2.70. The van der Waals surface area contributed by atoms with Crippen molar-refractivity contribution < 1.29 is 9.90 Å². The summed E-state index contributed by atoms with van der Waals surface area (Å²) in [6.07, 6.45) is 2.62. The molecule has 0 aromatic rings. The van der Waals surface area contributed by atoms with Crippen LogP contribution in [-0.2, 0) is 4.79 Å². The zero-order valence-corrected chi connectivity index (χ0v) is 9.95. The molecular formula is C11H20N2O2. The molecular weight excluding hydrogens is 192 g/mol. The Morgan fingerprint density at radius 2 is 2.20 bits per heavy atom. The van der Waals surface area contributed by atoms with Gasteiger partial charge in [0.2, 0.25) is 0 Å². The predicted octanol–water partition coefficient (Wildman–Crippen LogP) is 2.10. The van der Waals surface area contributed by atoms with Crippen molar-refractivity contribution in [2.24, 2.45) is 5.10 Å². The average molecular weight is 212 g/mol. The Balaban J connectivity index is 2.84. The molecule has 0 spiro atoms. The van der Waals surface area contributed by atoms with E-state index in [4.69, 9.17) is 5.11 Å². The van der Waals surface area contributed by atoms with Crippen LogP contribution in [-0.4, -0.2) is 33.4 Å². The minimum Gasteiger partial charge on any atom is -0.477 e. The number of rotatable bonds is 3. The fraction of sp³-hybridized carbons (Fsp3) is 0.818. The third-order valence-electron chi connectivity index (χ3n) is 2.56. The van der Waals surface area contributed by atoms with E-state index in [0.29, 0.717) is 12.1 Å². The van der Waals surface area contributed by atoms with Gasteiger partial charge in [-0.2, -0.15) is 5.10 Å².